The van der Waals surface area contributed by atoms with Gasteiger partial charge in [-0.25, -0.2) is 0 Å². The van der Waals surface area contributed by atoms with Crippen LogP contribution < -0.4 is 10.1 Å². The fourth-order valence-corrected chi connectivity index (χ4v) is 3.06. The van der Waals surface area contributed by atoms with Gasteiger partial charge in [-0.1, -0.05) is 19.1 Å². The van der Waals surface area contributed by atoms with E-state index < -0.39 is 0 Å². The number of carbonyl (C=O) groups excluding carboxylic acids is 1. The van der Waals surface area contributed by atoms with Gasteiger partial charge in [0.1, 0.15) is 11.5 Å². The predicted molar refractivity (Wildman–Crippen MR) is 98.4 cm³/mol. The fourth-order valence-electron chi connectivity index (χ4n) is 3.06. The zero-order chi connectivity index (χ0) is 18.2. The number of carbonyl (C=O) groups is 1. The summed E-state index contributed by atoms with van der Waals surface area (Å²) in [6.45, 7) is 6.12. The van der Waals surface area contributed by atoms with Crippen molar-refractivity contribution in [2.24, 2.45) is 0 Å². The summed E-state index contributed by atoms with van der Waals surface area (Å²) in [7, 11) is 0. The lowest BCUT2D eigenvalue weighted by atomic mass is 10.1. The van der Waals surface area contributed by atoms with E-state index in [0.717, 1.165) is 25.3 Å². The van der Waals surface area contributed by atoms with Crippen LogP contribution in [0.1, 0.15) is 35.5 Å². The second-order valence-electron chi connectivity index (χ2n) is 6.23. The van der Waals surface area contributed by atoms with E-state index in [1.54, 1.807) is 12.3 Å². The van der Waals surface area contributed by atoms with Gasteiger partial charge in [-0.2, -0.15) is 0 Å². The topological polar surface area (TPSA) is 63.9 Å². The van der Waals surface area contributed by atoms with E-state index in [9.17, 15) is 4.79 Å². The Hall–Kier alpha value is -2.31. The highest BCUT2D eigenvalue weighted by Crippen LogP contribution is 2.23. The molecule has 1 aromatic carbocycles. The van der Waals surface area contributed by atoms with Crippen LogP contribution in [0.25, 0.3) is 0 Å². The normalized spacial score (nSPS) is 16.2. The second kappa shape index (κ2) is 9.40. The van der Waals surface area contributed by atoms with Crippen molar-refractivity contribution in [1.82, 2.24) is 10.2 Å². The van der Waals surface area contributed by atoms with Crippen molar-refractivity contribution < 1.29 is 18.7 Å². The van der Waals surface area contributed by atoms with Gasteiger partial charge in [-0.3, -0.25) is 9.69 Å². The second-order valence-corrected chi connectivity index (χ2v) is 6.23. The lowest BCUT2D eigenvalue weighted by Gasteiger charge is -2.33. The molecular weight excluding hydrogens is 332 g/mol. The van der Waals surface area contributed by atoms with Crippen LogP contribution in [0.3, 0.4) is 0 Å². The number of benzene rings is 1. The number of hydrogen-bond acceptors (Lipinski definition) is 5. The highest BCUT2D eigenvalue weighted by atomic mass is 16.5. The molecule has 1 N–H and O–H groups in total. The number of rotatable bonds is 8. The Morgan fingerprint density at radius 1 is 1.23 bits per heavy atom. The van der Waals surface area contributed by atoms with E-state index in [4.69, 9.17) is 13.9 Å². The van der Waals surface area contributed by atoms with Gasteiger partial charge < -0.3 is 19.2 Å². The van der Waals surface area contributed by atoms with Crippen molar-refractivity contribution in [2.75, 3.05) is 39.5 Å². The van der Waals surface area contributed by atoms with Crippen LogP contribution in [0.15, 0.2) is 47.1 Å². The van der Waals surface area contributed by atoms with Crippen LogP contribution in [0.5, 0.6) is 5.75 Å². The van der Waals surface area contributed by atoms with E-state index in [-0.39, 0.29) is 11.9 Å². The highest BCUT2D eigenvalue weighted by Gasteiger charge is 2.25. The molecule has 6 nitrogen and oxygen atoms in total. The molecule has 1 aliphatic heterocycles. The molecule has 1 atom stereocenters. The quantitative estimate of drug-likeness (QED) is 0.786. The number of morpholine rings is 1. The van der Waals surface area contributed by atoms with Crippen LogP contribution in [0.2, 0.25) is 0 Å². The van der Waals surface area contributed by atoms with Crippen molar-refractivity contribution in [3.8, 4) is 5.75 Å². The molecule has 1 saturated heterocycles. The Labute approximate surface area is 154 Å². The van der Waals surface area contributed by atoms with Crippen molar-refractivity contribution >= 4 is 5.91 Å². The molecule has 140 valence electrons. The summed E-state index contributed by atoms with van der Waals surface area (Å²) < 4.78 is 16.7. The average Bonchev–Trinajstić information content (AvgIpc) is 3.22. The zero-order valence-electron chi connectivity index (χ0n) is 15.1. The third-order valence-electron chi connectivity index (χ3n) is 4.41. The molecule has 0 aliphatic carbocycles. The number of furan rings is 1. The minimum Gasteiger partial charge on any atom is -0.493 e. The Morgan fingerprint density at radius 2 is 2.04 bits per heavy atom. The third-order valence-corrected chi connectivity index (χ3v) is 4.41. The molecule has 1 amide bonds. The number of nitrogens with zero attached hydrogens (tertiary/aromatic N) is 1. The van der Waals surface area contributed by atoms with Crippen LogP contribution in [-0.2, 0) is 4.74 Å². The van der Waals surface area contributed by atoms with Gasteiger partial charge in [0, 0.05) is 19.6 Å². The van der Waals surface area contributed by atoms with Gasteiger partial charge in [-0.05, 0) is 30.7 Å². The van der Waals surface area contributed by atoms with E-state index in [2.05, 4.69) is 10.2 Å². The van der Waals surface area contributed by atoms with Gasteiger partial charge in [0.15, 0.2) is 0 Å². The molecule has 26 heavy (non-hydrogen) atoms. The molecule has 0 unspecified atom stereocenters. The number of hydrogen-bond donors (Lipinski definition) is 1. The number of nitrogens with one attached hydrogen (secondary N) is 1. The van der Waals surface area contributed by atoms with Crippen molar-refractivity contribution in [3.05, 3.63) is 54.0 Å². The Morgan fingerprint density at radius 3 is 2.77 bits per heavy atom. The van der Waals surface area contributed by atoms with Crippen LogP contribution >= 0.6 is 0 Å². The Kier molecular flexibility index (Phi) is 6.68. The van der Waals surface area contributed by atoms with Crippen LogP contribution in [0.4, 0.5) is 0 Å². The molecule has 1 fully saturated rings. The molecule has 3 rings (SSSR count). The van der Waals surface area contributed by atoms with E-state index >= 15 is 0 Å². The molecule has 0 radical (unpaired) electrons. The summed E-state index contributed by atoms with van der Waals surface area (Å²) >= 11 is 0. The largest absolute Gasteiger partial charge is 0.493 e. The van der Waals surface area contributed by atoms with Crippen LogP contribution in [-0.4, -0.2) is 50.3 Å². The first-order valence-electron chi connectivity index (χ1n) is 9.15. The van der Waals surface area contributed by atoms with Gasteiger partial charge in [0.05, 0.1) is 37.7 Å². The first kappa shape index (κ1) is 18.5. The van der Waals surface area contributed by atoms with Crippen LogP contribution in [0, 0.1) is 0 Å². The maximum atomic E-state index is 12.7. The maximum Gasteiger partial charge on any atom is 0.255 e. The van der Waals surface area contributed by atoms with Crippen molar-refractivity contribution in [2.45, 2.75) is 19.4 Å². The van der Waals surface area contributed by atoms with E-state index in [1.165, 1.54) is 0 Å². The first-order valence-corrected chi connectivity index (χ1v) is 9.15. The lowest BCUT2D eigenvalue weighted by molar-refractivity contribution is 0.0118. The molecule has 2 heterocycles. The lowest BCUT2D eigenvalue weighted by Crippen LogP contribution is -2.43. The third kappa shape index (κ3) is 4.65. The summed E-state index contributed by atoms with van der Waals surface area (Å²) in [5, 5.41) is 3.04. The first-order chi connectivity index (χ1) is 12.8. The maximum absolute atomic E-state index is 12.7. The predicted octanol–water partition coefficient (Wildman–Crippen LogP) is 2.87. The van der Waals surface area contributed by atoms with Gasteiger partial charge >= 0.3 is 0 Å². The van der Waals surface area contributed by atoms with E-state index in [1.807, 2.05) is 37.3 Å². The van der Waals surface area contributed by atoms with Crippen molar-refractivity contribution in [3.63, 3.8) is 0 Å². The molecule has 0 bridgehead atoms. The molecule has 0 spiro atoms. The smallest absolute Gasteiger partial charge is 0.255 e. The summed E-state index contributed by atoms with van der Waals surface area (Å²) in [6, 6.07) is 11.2. The standard InChI is InChI=1S/C20H26N2O4/c1-2-11-25-18-7-4-3-6-16(18)20(23)21-15-17(19-8-5-12-26-19)22-9-13-24-14-10-22/h3-8,12,17H,2,9-11,13-15H2,1H3,(H,21,23)/t17-/m0/s1. The molecule has 1 aliphatic rings. The van der Waals surface area contributed by atoms with Crippen molar-refractivity contribution in [1.29, 1.82) is 0 Å². The monoisotopic (exact) mass is 358 g/mol. The molecule has 6 heteroatoms. The van der Waals surface area contributed by atoms with Gasteiger partial charge in [0.2, 0.25) is 0 Å². The van der Waals surface area contributed by atoms with Gasteiger partial charge in [-0.15, -0.1) is 0 Å². The fraction of sp³-hybridized carbons (Fsp3) is 0.450. The molecule has 1 aromatic heterocycles. The SMILES string of the molecule is CCCOc1ccccc1C(=O)NC[C@@H](c1ccco1)N1CCOCC1. The summed E-state index contributed by atoms with van der Waals surface area (Å²) in [5.74, 6) is 1.33. The Balaban J connectivity index is 1.68. The van der Waals surface area contributed by atoms with E-state index in [0.29, 0.717) is 37.7 Å². The molecular formula is C20H26N2O4. The number of para-hydroxylation sites is 1. The highest BCUT2D eigenvalue weighted by molar-refractivity contribution is 5.96. The molecule has 0 saturated carbocycles. The Bertz CT molecular complexity index is 681. The summed E-state index contributed by atoms with van der Waals surface area (Å²) in [5.41, 5.74) is 0.557. The minimum atomic E-state index is -0.137. The minimum absolute atomic E-state index is 0.0124. The summed E-state index contributed by atoms with van der Waals surface area (Å²) in [6.07, 6.45) is 2.56. The number of amides is 1. The van der Waals surface area contributed by atoms with Gasteiger partial charge in [0.25, 0.3) is 5.91 Å². The zero-order valence-corrected chi connectivity index (χ0v) is 15.1. The molecule has 2 aromatic rings. The average molecular weight is 358 g/mol. The number of ether oxygens (including phenoxy) is 2. The summed E-state index contributed by atoms with van der Waals surface area (Å²) in [4.78, 5) is 15.0.